The molecular weight excluding hydrogens is 230 g/mol. The summed E-state index contributed by atoms with van der Waals surface area (Å²) in [7, 11) is 0. The number of rotatable bonds is 5. The Morgan fingerprint density at radius 3 is 2.26 bits per heavy atom. The van der Waals surface area contributed by atoms with Crippen LogP contribution in [0.2, 0.25) is 0 Å². The number of aryl methyl sites for hydroxylation is 2. The molecule has 0 bridgehead atoms. The van der Waals surface area contributed by atoms with Crippen molar-refractivity contribution in [2.75, 3.05) is 6.54 Å². The van der Waals surface area contributed by atoms with E-state index in [9.17, 15) is 0 Å². The van der Waals surface area contributed by atoms with Crippen LogP contribution in [-0.2, 0) is 6.42 Å². The lowest BCUT2D eigenvalue weighted by Crippen LogP contribution is -2.36. The second kappa shape index (κ2) is 6.56. The fourth-order valence-electron chi connectivity index (χ4n) is 2.35. The van der Waals surface area contributed by atoms with Crippen molar-refractivity contribution in [1.29, 1.82) is 0 Å². The third-order valence-corrected chi connectivity index (χ3v) is 3.97. The van der Waals surface area contributed by atoms with Gasteiger partial charge in [0.15, 0.2) is 0 Å². The van der Waals surface area contributed by atoms with E-state index in [-0.39, 0.29) is 0 Å². The third-order valence-electron chi connectivity index (χ3n) is 3.97. The molecule has 1 nitrogen and oxygen atoms in total. The van der Waals surface area contributed by atoms with Crippen LogP contribution < -0.4 is 5.32 Å². The fraction of sp³-hybridized carbons (Fsp3) is 0.667. The Bertz CT molecular complexity index is 399. The van der Waals surface area contributed by atoms with Crippen molar-refractivity contribution in [2.24, 2.45) is 11.3 Å². The van der Waals surface area contributed by atoms with Crippen LogP contribution in [0.25, 0.3) is 0 Å². The summed E-state index contributed by atoms with van der Waals surface area (Å²) in [6.45, 7) is 17.0. The number of hydrogen-bond donors (Lipinski definition) is 1. The summed E-state index contributed by atoms with van der Waals surface area (Å²) < 4.78 is 0. The predicted molar refractivity (Wildman–Crippen MR) is 85.7 cm³/mol. The van der Waals surface area contributed by atoms with E-state index in [0.29, 0.717) is 17.4 Å². The highest BCUT2D eigenvalue weighted by molar-refractivity contribution is 5.31. The summed E-state index contributed by atoms with van der Waals surface area (Å²) in [5.74, 6) is 0.662. The van der Waals surface area contributed by atoms with Crippen LogP contribution in [0.3, 0.4) is 0 Å². The van der Waals surface area contributed by atoms with Gasteiger partial charge in [0.05, 0.1) is 0 Å². The van der Waals surface area contributed by atoms with Crippen molar-refractivity contribution in [3.63, 3.8) is 0 Å². The van der Waals surface area contributed by atoms with E-state index in [1.807, 2.05) is 0 Å². The molecule has 0 saturated carbocycles. The van der Waals surface area contributed by atoms with Crippen LogP contribution in [0, 0.1) is 25.2 Å². The van der Waals surface area contributed by atoms with Gasteiger partial charge >= 0.3 is 0 Å². The molecule has 0 heterocycles. The molecule has 1 aromatic carbocycles. The molecule has 0 radical (unpaired) electrons. The van der Waals surface area contributed by atoms with E-state index in [4.69, 9.17) is 0 Å². The van der Waals surface area contributed by atoms with Gasteiger partial charge in [-0.3, -0.25) is 0 Å². The highest BCUT2D eigenvalue weighted by Crippen LogP contribution is 2.30. The normalized spacial score (nSPS) is 13.9. The summed E-state index contributed by atoms with van der Waals surface area (Å²) in [6.07, 6.45) is 1.16. The van der Waals surface area contributed by atoms with Crippen molar-refractivity contribution in [1.82, 2.24) is 5.32 Å². The Labute approximate surface area is 119 Å². The Morgan fingerprint density at radius 2 is 1.74 bits per heavy atom. The molecule has 19 heavy (non-hydrogen) atoms. The largest absolute Gasteiger partial charge is 0.314 e. The Morgan fingerprint density at radius 1 is 1.11 bits per heavy atom. The van der Waals surface area contributed by atoms with Gasteiger partial charge in [-0.1, -0.05) is 58.4 Å². The molecule has 1 N–H and O–H groups in total. The Kier molecular flexibility index (Phi) is 5.61. The van der Waals surface area contributed by atoms with Crippen LogP contribution in [0.4, 0.5) is 0 Å². The first kappa shape index (κ1) is 16.2. The van der Waals surface area contributed by atoms with Gasteiger partial charge < -0.3 is 5.32 Å². The zero-order chi connectivity index (χ0) is 14.6. The first-order chi connectivity index (χ1) is 8.70. The molecule has 0 fully saturated rings. The molecule has 0 aliphatic rings. The molecule has 1 aromatic rings. The van der Waals surface area contributed by atoms with Gasteiger partial charge in [0.25, 0.3) is 0 Å². The molecule has 1 unspecified atom stereocenters. The van der Waals surface area contributed by atoms with Crippen molar-refractivity contribution in [3.05, 3.63) is 34.9 Å². The van der Waals surface area contributed by atoms with Gasteiger partial charge in [0.2, 0.25) is 0 Å². The second-order valence-electron chi connectivity index (χ2n) is 7.26. The van der Waals surface area contributed by atoms with Crippen molar-refractivity contribution >= 4 is 0 Å². The summed E-state index contributed by atoms with van der Waals surface area (Å²) in [6, 6.07) is 7.37. The highest BCUT2D eigenvalue weighted by Gasteiger charge is 2.25. The smallest absolute Gasteiger partial charge is 0.00104 e. The lowest BCUT2D eigenvalue weighted by atomic mass is 9.76. The van der Waals surface area contributed by atoms with E-state index in [0.717, 1.165) is 13.0 Å². The monoisotopic (exact) mass is 261 g/mol. The molecule has 108 valence electrons. The minimum absolute atomic E-state index is 0.331. The zero-order valence-corrected chi connectivity index (χ0v) is 13.8. The van der Waals surface area contributed by atoms with Gasteiger partial charge in [0, 0.05) is 6.04 Å². The predicted octanol–water partition coefficient (Wildman–Crippen LogP) is 4.51. The van der Waals surface area contributed by atoms with Gasteiger partial charge in [-0.05, 0) is 49.3 Å². The van der Waals surface area contributed by atoms with Gasteiger partial charge in [-0.15, -0.1) is 0 Å². The first-order valence-corrected chi connectivity index (χ1v) is 7.49. The molecule has 0 amide bonds. The molecule has 0 aliphatic carbocycles. The van der Waals surface area contributed by atoms with Gasteiger partial charge in [-0.2, -0.15) is 0 Å². The summed E-state index contributed by atoms with van der Waals surface area (Å²) in [5, 5.41) is 3.61. The zero-order valence-electron chi connectivity index (χ0n) is 13.8. The average molecular weight is 261 g/mol. The maximum Gasteiger partial charge on any atom is 0.00104 e. The molecule has 1 rings (SSSR count). The van der Waals surface area contributed by atoms with Crippen molar-refractivity contribution in [3.8, 4) is 0 Å². The standard InChI is InChI=1S/C18H31N/c1-13(2)19-12-17(18(5,6)7)11-16-10-14(3)8-9-15(16)4/h8-10,13,17,19H,11-12H2,1-7H3. The van der Waals surface area contributed by atoms with Crippen LogP contribution in [0.1, 0.15) is 51.3 Å². The maximum atomic E-state index is 3.61. The van der Waals surface area contributed by atoms with E-state index < -0.39 is 0 Å². The number of benzene rings is 1. The number of nitrogens with one attached hydrogen (secondary N) is 1. The van der Waals surface area contributed by atoms with E-state index >= 15 is 0 Å². The second-order valence-corrected chi connectivity index (χ2v) is 7.26. The van der Waals surface area contributed by atoms with Crippen LogP contribution in [0.15, 0.2) is 18.2 Å². The van der Waals surface area contributed by atoms with Crippen LogP contribution in [-0.4, -0.2) is 12.6 Å². The molecule has 0 aliphatic heterocycles. The van der Waals surface area contributed by atoms with Crippen LogP contribution >= 0.6 is 0 Å². The summed E-state index contributed by atoms with van der Waals surface area (Å²) in [5.41, 5.74) is 4.62. The lowest BCUT2D eigenvalue weighted by molar-refractivity contribution is 0.226. The van der Waals surface area contributed by atoms with E-state index in [1.54, 1.807) is 0 Å². The summed E-state index contributed by atoms with van der Waals surface area (Å²) >= 11 is 0. The molecule has 1 atom stereocenters. The van der Waals surface area contributed by atoms with Gasteiger partial charge in [0.1, 0.15) is 0 Å². The van der Waals surface area contributed by atoms with Crippen molar-refractivity contribution in [2.45, 2.75) is 60.9 Å². The average Bonchev–Trinajstić information content (AvgIpc) is 2.26. The summed E-state index contributed by atoms with van der Waals surface area (Å²) in [4.78, 5) is 0. The highest BCUT2D eigenvalue weighted by atomic mass is 14.9. The van der Waals surface area contributed by atoms with E-state index in [1.165, 1.54) is 16.7 Å². The van der Waals surface area contributed by atoms with Crippen LogP contribution in [0.5, 0.6) is 0 Å². The SMILES string of the molecule is Cc1ccc(C)c(CC(CNC(C)C)C(C)(C)C)c1. The molecule has 1 heteroatoms. The third kappa shape index (κ3) is 5.36. The number of hydrogen-bond acceptors (Lipinski definition) is 1. The Balaban J connectivity index is 2.85. The lowest BCUT2D eigenvalue weighted by Gasteiger charge is -2.32. The van der Waals surface area contributed by atoms with Gasteiger partial charge in [-0.25, -0.2) is 0 Å². The Hall–Kier alpha value is -0.820. The molecule has 0 spiro atoms. The minimum atomic E-state index is 0.331. The topological polar surface area (TPSA) is 12.0 Å². The fourth-order valence-corrected chi connectivity index (χ4v) is 2.35. The first-order valence-electron chi connectivity index (χ1n) is 7.49. The quantitative estimate of drug-likeness (QED) is 0.822. The molecule has 0 saturated heterocycles. The minimum Gasteiger partial charge on any atom is -0.314 e. The molecular formula is C18H31N. The molecule has 0 aromatic heterocycles. The van der Waals surface area contributed by atoms with E-state index in [2.05, 4.69) is 72.0 Å². The maximum absolute atomic E-state index is 3.61. The van der Waals surface area contributed by atoms with Crippen molar-refractivity contribution < 1.29 is 0 Å².